The van der Waals surface area contributed by atoms with E-state index in [1.807, 2.05) is 6.07 Å². The molecule has 0 unspecified atom stereocenters. The van der Waals surface area contributed by atoms with Crippen LogP contribution in [-0.2, 0) is 11.2 Å². The minimum Gasteiger partial charge on any atom is -0.286 e. The Labute approximate surface area is 178 Å². The number of carbonyl (C=O) groups is 1. The van der Waals surface area contributed by atoms with E-state index in [0.29, 0.717) is 12.3 Å². The van der Waals surface area contributed by atoms with E-state index in [1.165, 1.54) is 76.2 Å². The molecule has 1 aliphatic rings. The van der Waals surface area contributed by atoms with Crippen LogP contribution in [0.1, 0.15) is 109 Å². The molecule has 3 heteroatoms. The summed E-state index contributed by atoms with van der Waals surface area (Å²) in [5, 5.41) is 11.2. The van der Waals surface area contributed by atoms with Crippen molar-refractivity contribution in [1.82, 2.24) is 5.06 Å². The molecule has 164 valence electrons. The molecule has 1 saturated heterocycles. The number of amides is 1. The van der Waals surface area contributed by atoms with Gasteiger partial charge in [-0.25, -0.2) is 5.06 Å². The summed E-state index contributed by atoms with van der Waals surface area (Å²) < 4.78 is 0. The van der Waals surface area contributed by atoms with Gasteiger partial charge in [0.05, 0.1) is 6.04 Å². The van der Waals surface area contributed by atoms with Gasteiger partial charge in [-0.3, -0.25) is 10.0 Å². The third-order valence-electron chi connectivity index (χ3n) is 6.43. The van der Waals surface area contributed by atoms with Crippen LogP contribution in [0, 0.1) is 5.92 Å². The summed E-state index contributed by atoms with van der Waals surface area (Å²) >= 11 is 0. The van der Waals surface area contributed by atoms with E-state index in [2.05, 4.69) is 31.2 Å². The zero-order valence-corrected chi connectivity index (χ0v) is 18.7. The summed E-state index contributed by atoms with van der Waals surface area (Å²) in [6, 6.07) is 10.4. The molecular weight excluding hydrogens is 358 g/mol. The Balaban J connectivity index is 1.54. The summed E-state index contributed by atoms with van der Waals surface area (Å²) in [6.07, 6.45) is 19.3. The number of piperidine rings is 1. The Hall–Kier alpha value is -1.35. The molecule has 1 aromatic carbocycles. The van der Waals surface area contributed by atoms with Crippen molar-refractivity contribution in [2.45, 2.75) is 116 Å². The second-order valence-electron chi connectivity index (χ2n) is 9.07. The fraction of sp³-hybridized carbons (Fsp3) is 0.731. The van der Waals surface area contributed by atoms with E-state index in [0.717, 1.165) is 30.7 Å². The number of rotatable bonds is 15. The smallest absolute Gasteiger partial charge is 0.246 e. The number of hydroxylamine groups is 2. The van der Waals surface area contributed by atoms with Crippen LogP contribution in [-0.4, -0.2) is 22.2 Å². The van der Waals surface area contributed by atoms with Crippen LogP contribution in [0.25, 0.3) is 0 Å². The molecular formula is C26H43NO2. The zero-order valence-electron chi connectivity index (χ0n) is 18.7. The normalized spacial score (nSPS) is 19.7. The van der Waals surface area contributed by atoms with Gasteiger partial charge < -0.3 is 0 Å². The average molecular weight is 402 g/mol. The molecule has 1 amide bonds. The molecule has 2 rings (SSSR count). The molecule has 1 N–H and O–H groups in total. The molecule has 0 radical (unpaired) electrons. The summed E-state index contributed by atoms with van der Waals surface area (Å²) in [5.74, 6) is 0.261. The third-order valence-corrected chi connectivity index (χ3v) is 6.43. The van der Waals surface area contributed by atoms with Crippen molar-refractivity contribution in [2.75, 3.05) is 0 Å². The second-order valence-corrected chi connectivity index (χ2v) is 9.07. The van der Waals surface area contributed by atoms with Gasteiger partial charge in [0.25, 0.3) is 0 Å². The Morgan fingerprint density at radius 1 is 0.862 bits per heavy atom. The number of hydrogen-bond acceptors (Lipinski definition) is 2. The molecule has 3 nitrogen and oxygen atoms in total. The monoisotopic (exact) mass is 401 g/mol. The molecule has 1 aromatic rings. The van der Waals surface area contributed by atoms with Gasteiger partial charge in [-0.15, -0.1) is 0 Å². The van der Waals surface area contributed by atoms with Gasteiger partial charge in [-0.2, -0.15) is 0 Å². The Morgan fingerprint density at radius 2 is 1.41 bits per heavy atom. The average Bonchev–Trinajstić information content (AvgIpc) is 2.73. The molecule has 0 spiro atoms. The van der Waals surface area contributed by atoms with Crippen LogP contribution in [0.5, 0.6) is 0 Å². The second kappa shape index (κ2) is 14.6. The Bertz CT molecular complexity index is 545. The fourth-order valence-corrected chi connectivity index (χ4v) is 4.68. The molecule has 1 aliphatic heterocycles. The van der Waals surface area contributed by atoms with Crippen LogP contribution < -0.4 is 0 Å². The van der Waals surface area contributed by atoms with Crippen molar-refractivity contribution >= 4 is 5.91 Å². The largest absolute Gasteiger partial charge is 0.286 e. The maximum absolute atomic E-state index is 12.2. The molecule has 2 atom stereocenters. The van der Waals surface area contributed by atoms with Gasteiger partial charge in [0.2, 0.25) is 5.91 Å². The van der Waals surface area contributed by atoms with Gasteiger partial charge in [0.1, 0.15) is 0 Å². The summed E-state index contributed by atoms with van der Waals surface area (Å²) in [4.78, 5) is 12.2. The van der Waals surface area contributed by atoms with Crippen LogP contribution in [0.15, 0.2) is 30.3 Å². The summed E-state index contributed by atoms with van der Waals surface area (Å²) in [5.41, 5.74) is 1.29. The SMILES string of the molecule is CCCCCCCCCCCCCC[C@@H]1C[C@H](Cc2ccccc2)CC(=O)N1O. The van der Waals surface area contributed by atoms with Gasteiger partial charge in [0.15, 0.2) is 0 Å². The number of unbranched alkanes of at least 4 members (excludes halogenated alkanes) is 11. The van der Waals surface area contributed by atoms with Gasteiger partial charge in [-0.05, 0) is 30.7 Å². The van der Waals surface area contributed by atoms with Gasteiger partial charge in [0, 0.05) is 6.42 Å². The van der Waals surface area contributed by atoms with E-state index in [1.54, 1.807) is 0 Å². The van der Waals surface area contributed by atoms with Crippen LogP contribution >= 0.6 is 0 Å². The standard InChI is InChI=1S/C26H43NO2/c1-2-3-4-5-6-7-8-9-10-11-12-16-19-25-21-24(22-26(28)27(25)29)20-23-17-14-13-15-18-23/h13-15,17-18,24-25,29H,2-12,16,19-22H2,1H3/t24-,25+/m0/s1. The third kappa shape index (κ3) is 9.80. The highest BCUT2D eigenvalue weighted by molar-refractivity contribution is 5.76. The summed E-state index contributed by atoms with van der Waals surface area (Å²) in [7, 11) is 0. The first kappa shape index (κ1) is 23.9. The van der Waals surface area contributed by atoms with Crippen molar-refractivity contribution in [3.63, 3.8) is 0 Å². The van der Waals surface area contributed by atoms with Crippen molar-refractivity contribution in [3.05, 3.63) is 35.9 Å². The molecule has 1 fully saturated rings. The van der Waals surface area contributed by atoms with Crippen molar-refractivity contribution in [1.29, 1.82) is 0 Å². The summed E-state index contributed by atoms with van der Waals surface area (Å²) in [6.45, 7) is 2.27. The van der Waals surface area contributed by atoms with Gasteiger partial charge in [-0.1, -0.05) is 114 Å². The van der Waals surface area contributed by atoms with E-state index in [4.69, 9.17) is 0 Å². The number of nitrogens with zero attached hydrogens (tertiary/aromatic N) is 1. The molecule has 0 bridgehead atoms. The fourth-order valence-electron chi connectivity index (χ4n) is 4.68. The first-order valence-corrected chi connectivity index (χ1v) is 12.3. The van der Waals surface area contributed by atoms with E-state index < -0.39 is 0 Å². The maximum atomic E-state index is 12.2. The predicted octanol–water partition coefficient (Wildman–Crippen LogP) is 7.32. The lowest BCUT2D eigenvalue weighted by atomic mass is 9.85. The highest BCUT2D eigenvalue weighted by Crippen LogP contribution is 2.29. The molecule has 0 aliphatic carbocycles. The predicted molar refractivity (Wildman–Crippen MR) is 121 cm³/mol. The maximum Gasteiger partial charge on any atom is 0.246 e. The first-order chi connectivity index (χ1) is 14.2. The molecule has 29 heavy (non-hydrogen) atoms. The molecule has 0 aromatic heterocycles. The lowest BCUT2D eigenvalue weighted by Crippen LogP contribution is -2.44. The lowest BCUT2D eigenvalue weighted by molar-refractivity contribution is -0.186. The van der Waals surface area contributed by atoms with Gasteiger partial charge >= 0.3 is 0 Å². The first-order valence-electron chi connectivity index (χ1n) is 12.3. The minimum absolute atomic E-state index is 0.00748. The number of benzene rings is 1. The van der Waals surface area contributed by atoms with E-state index >= 15 is 0 Å². The van der Waals surface area contributed by atoms with E-state index in [9.17, 15) is 10.0 Å². The van der Waals surface area contributed by atoms with E-state index in [-0.39, 0.29) is 11.9 Å². The lowest BCUT2D eigenvalue weighted by Gasteiger charge is -2.35. The molecule has 1 heterocycles. The van der Waals surface area contributed by atoms with Crippen LogP contribution in [0.3, 0.4) is 0 Å². The van der Waals surface area contributed by atoms with Crippen molar-refractivity contribution < 1.29 is 10.0 Å². The topological polar surface area (TPSA) is 40.5 Å². The number of hydrogen-bond donors (Lipinski definition) is 1. The highest BCUT2D eigenvalue weighted by Gasteiger charge is 2.32. The van der Waals surface area contributed by atoms with Crippen LogP contribution in [0.2, 0.25) is 0 Å². The van der Waals surface area contributed by atoms with Crippen molar-refractivity contribution in [2.24, 2.45) is 5.92 Å². The minimum atomic E-state index is -0.0962. The van der Waals surface area contributed by atoms with Crippen molar-refractivity contribution in [3.8, 4) is 0 Å². The zero-order chi connectivity index (χ0) is 20.7. The van der Waals surface area contributed by atoms with Crippen LogP contribution in [0.4, 0.5) is 0 Å². The number of carbonyl (C=O) groups excluding carboxylic acids is 1. The highest BCUT2D eigenvalue weighted by atomic mass is 16.5. The Morgan fingerprint density at radius 3 is 2.00 bits per heavy atom. The quantitative estimate of drug-likeness (QED) is 0.247. The Kier molecular flexibility index (Phi) is 12.0. The molecule has 0 saturated carbocycles.